The van der Waals surface area contributed by atoms with Gasteiger partial charge in [0.05, 0.1) is 12.8 Å². The predicted octanol–water partition coefficient (Wildman–Crippen LogP) is -1.74. The van der Waals surface area contributed by atoms with Gasteiger partial charge in [-0.15, -0.1) is 12.4 Å². The van der Waals surface area contributed by atoms with Crippen LogP contribution in [0.2, 0.25) is 0 Å². The fourth-order valence-corrected chi connectivity index (χ4v) is 0.714. The first-order valence-electron chi connectivity index (χ1n) is 3.17. The summed E-state index contributed by atoms with van der Waals surface area (Å²) in [6.45, 7) is 0. The Bertz CT molecular complexity index is 238. The van der Waals surface area contributed by atoms with Crippen molar-refractivity contribution in [3.63, 3.8) is 0 Å². The quantitative estimate of drug-likeness (QED) is 0.375. The molecule has 88 valence electrons. The van der Waals surface area contributed by atoms with Crippen LogP contribution in [0.5, 0.6) is 0 Å². The second kappa shape index (κ2) is 7.82. The molecule has 0 aromatic heterocycles. The molecule has 0 unspecified atom stereocenters. The van der Waals surface area contributed by atoms with Gasteiger partial charge in [-0.25, -0.2) is 4.79 Å². The Morgan fingerprint density at radius 1 is 0.933 bits per heavy atom. The molecule has 0 aliphatic carbocycles. The zero-order chi connectivity index (χ0) is 10.6. The Labute approximate surface area is 111 Å². The molecule has 0 fully saturated rings. The number of hydrogen-bond acceptors (Lipinski definition) is 4. The van der Waals surface area contributed by atoms with Gasteiger partial charge >= 0.3 is 45.2 Å². The summed E-state index contributed by atoms with van der Waals surface area (Å²) >= 11 is 0. The van der Waals surface area contributed by atoms with Crippen molar-refractivity contribution < 1.29 is 34.8 Å². The molecular formula is C6H11ClO7Pb. The second-order valence-corrected chi connectivity index (χ2v) is 2.48. The van der Waals surface area contributed by atoms with Crippen LogP contribution >= 0.6 is 12.4 Å². The normalized spacial score (nSPS) is 9.40. The van der Waals surface area contributed by atoms with Crippen LogP contribution < -0.4 is 0 Å². The van der Waals surface area contributed by atoms with Gasteiger partial charge < -0.3 is 20.4 Å². The molecule has 0 rings (SSSR count). The van der Waals surface area contributed by atoms with Crippen LogP contribution in [0.4, 0.5) is 0 Å². The van der Waals surface area contributed by atoms with E-state index in [-0.39, 0.29) is 39.7 Å². The molecule has 0 atom stereocenters. The second-order valence-electron chi connectivity index (χ2n) is 2.48. The van der Waals surface area contributed by atoms with E-state index >= 15 is 0 Å². The molecule has 15 heavy (non-hydrogen) atoms. The van der Waals surface area contributed by atoms with Crippen molar-refractivity contribution in [1.82, 2.24) is 0 Å². The standard InChI is InChI=1S/C6H8O7.ClH.Pb.2H/c7-3(8)1-6(13,5(11)12)2-4(9)10;;;;/h13H,1-2H2,(H,7,8)(H,9,10)(H,11,12);1H;;;. The number of rotatable bonds is 5. The van der Waals surface area contributed by atoms with Crippen LogP contribution in [-0.2, 0) is 14.4 Å². The summed E-state index contributed by atoms with van der Waals surface area (Å²) in [6.07, 6.45) is -2.29. The monoisotopic (exact) mass is 438 g/mol. The van der Waals surface area contributed by atoms with Crippen LogP contribution in [0.3, 0.4) is 0 Å². The number of carbonyl (C=O) groups is 3. The predicted molar refractivity (Wildman–Crippen MR) is 52.9 cm³/mol. The molecule has 0 aliphatic heterocycles. The third kappa shape index (κ3) is 7.50. The number of halogens is 1. The summed E-state index contributed by atoms with van der Waals surface area (Å²) in [6, 6.07) is 0. The molecule has 0 aliphatic rings. The minimum absolute atomic E-state index is 0. The topological polar surface area (TPSA) is 132 Å². The Balaban J connectivity index is -0.000000720. The molecule has 0 aromatic carbocycles. The van der Waals surface area contributed by atoms with Gasteiger partial charge in [-0.05, 0) is 0 Å². The number of carboxylic acids is 3. The fourth-order valence-electron chi connectivity index (χ4n) is 0.714. The van der Waals surface area contributed by atoms with E-state index in [1.165, 1.54) is 0 Å². The number of hydrogen-bond donors (Lipinski definition) is 4. The molecule has 4 N–H and O–H groups in total. The van der Waals surface area contributed by atoms with Gasteiger partial charge in [-0.3, -0.25) is 9.59 Å². The van der Waals surface area contributed by atoms with Gasteiger partial charge in [0.1, 0.15) is 0 Å². The van der Waals surface area contributed by atoms with E-state index in [0.29, 0.717) is 0 Å². The van der Waals surface area contributed by atoms with Crippen molar-refractivity contribution >= 4 is 57.6 Å². The number of aliphatic hydroxyl groups is 1. The van der Waals surface area contributed by atoms with E-state index in [1.54, 1.807) is 0 Å². The van der Waals surface area contributed by atoms with Crippen LogP contribution in [0.25, 0.3) is 0 Å². The van der Waals surface area contributed by atoms with Crippen molar-refractivity contribution in [2.75, 3.05) is 0 Å². The van der Waals surface area contributed by atoms with Gasteiger partial charge in [0, 0.05) is 0 Å². The zero-order valence-electron chi connectivity index (χ0n) is 7.54. The SMILES string of the molecule is Cl.O=C(O)CC(O)(CC(=O)O)C(=O)O.[PbH2]. The Morgan fingerprint density at radius 2 is 1.20 bits per heavy atom. The summed E-state index contributed by atoms with van der Waals surface area (Å²) < 4.78 is 0. The van der Waals surface area contributed by atoms with Gasteiger partial charge in [-0.1, -0.05) is 0 Å². The van der Waals surface area contributed by atoms with E-state index in [1.807, 2.05) is 0 Å². The van der Waals surface area contributed by atoms with E-state index < -0.39 is 36.4 Å². The third-order valence-corrected chi connectivity index (χ3v) is 1.29. The third-order valence-electron chi connectivity index (χ3n) is 1.29. The molecular weight excluding hydrogens is 427 g/mol. The fraction of sp³-hybridized carbons (Fsp3) is 0.500. The molecule has 0 amide bonds. The Kier molecular flexibility index (Phi) is 10.5. The average Bonchev–Trinajstić information content (AvgIpc) is 1.82. The van der Waals surface area contributed by atoms with E-state index in [9.17, 15) is 14.4 Å². The molecule has 0 saturated carbocycles. The summed E-state index contributed by atoms with van der Waals surface area (Å²) in [4.78, 5) is 30.5. The van der Waals surface area contributed by atoms with Crippen LogP contribution in [0.15, 0.2) is 0 Å². The van der Waals surface area contributed by atoms with Crippen molar-refractivity contribution in [3.8, 4) is 0 Å². The number of carboxylic acid groups (broad SMARTS) is 3. The van der Waals surface area contributed by atoms with E-state index in [0.717, 1.165) is 0 Å². The van der Waals surface area contributed by atoms with Crippen LogP contribution in [0, 0.1) is 0 Å². The van der Waals surface area contributed by atoms with Crippen LogP contribution in [-0.4, -0.2) is 71.2 Å². The van der Waals surface area contributed by atoms with Crippen molar-refractivity contribution in [2.45, 2.75) is 18.4 Å². The van der Waals surface area contributed by atoms with Gasteiger partial charge in [0.25, 0.3) is 0 Å². The van der Waals surface area contributed by atoms with E-state index in [4.69, 9.17) is 20.4 Å². The van der Waals surface area contributed by atoms with Crippen molar-refractivity contribution in [1.29, 1.82) is 0 Å². The molecule has 0 saturated heterocycles. The first-order chi connectivity index (χ1) is 5.78. The zero-order valence-corrected chi connectivity index (χ0v) is 13.9. The molecule has 0 heterocycles. The molecule has 7 nitrogen and oxygen atoms in total. The molecule has 2 radical (unpaired) electrons. The Hall–Kier alpha value is -0.418. The van der Waals surface area contributed by atoms with Crippen molar-refractivity contribution in [2.24, 2.45) is 0 Å². The van der Waals surface area contributed by atoms with Gasteiger partial charge in [0.15, 0.2) is 5.60 Å². The van der Waals surface area contributed by atoms with E-state index in [2.05, 4.69) is 0 Å². The van der Waals surface area contributed by atoms with Gasteiger partial charge in [-0.2, -0.15) is 0 Å². The Morgan fingerprint density at radius 3 is 1.33 bits per heavy atom. The first kappa shape index (κ1) is 20.1. The summed E-state index contributed by atoms with van der Waals surface area (Å²) in [5.74, 6) is -5.02. The average molecular weight is 438 g/mol. The molecule has 0 spiro atoms. The summed E-state index contributed by atoms with van der Waals surface area (Å²) in [7, 11) is 0. The molecule has 0 bridgehead atoms. The maximum atomic E-state index is 10.3. The first-order valence-corrected chi connectivity index (χ1v) is 3.17. The van der Waals surface area contributed by atoms with Crippen molar-refractivity contribution in [3.05, 3.63) is 0 Å². The molecule has 9 heteroatoms. The summed E-state index contributed by atoms with van der Waals surface area (Å²) in [5, 5.41) is 33.8. The maximum absolute atomic E-state index is 10.3. The number of aliphatic carboxylic acids is 3. The summed E-state index contributed by atoms with van der Waals surface area (Å²) in [5.41, 5.74) is -2.74. The van der Waals surface area contributed by atoms with Crippen LogP contribution in [0.1, 0.15) is 12.8 Å². The molecule has 0 aromatic rings. The minimum atomic E-state index is -2.74. The van der Waals surface area contributed by atoms with Gasteiger partial charge in [0.2, 0.25) is 0 Å².